The van der Waals surface area contributed by atoms with Crippen LogP contribution in [-0.4, -0.2) is 34.6 Å². The van der Waals surface area contributed by atoms with Gasteiger partial charge in [-0.1, -0.05) is 42.5 Å². The van der Waals surface area contributed by atoms with Gasteiger partial charge in [0.15, 0.2) is 0 Å². The highest BCUT2D eigenvalue weighted by Gasteiger charge is 2.53. The number of amides is 1. The molecule has 5 heteroatoms. The van der Waals surface area contributed by atoms with Crippen molar-refractivity contribution in [2.45, 2.75) is 30.8 Å². The number of nitriles is 1. The van der Waals surface area contributed by atoms with Crippen LogP contribution < -0.4 is 0 Å². The van der Waals surface area contributed by atoms with E-state index in [4.69, 9.17) is 0 Å². The van der Waals surface area contributed by atoms with Gasteiger partial charge in [0.1, 0.15) is 11.9 Å². The van der Waals surface area contributed by atoms with Crippen LogP contribution in [0.4, 0.5) is 4.39 Å². The van der Waals surface area contributed by atoms with Crippen LogP contribution in [0.2, 0.25) is 0 Å². The largest absolute Gasteiger partial charge is 0.394 e. The Morgan fingerprint density at radius 3 is 2.46 bits per heavy atom. The first-order valence-electron chi connectivity index (χ1n) is 8.83. The van der Waals surface area contributed by atoms with Crippen LogP contribution in [0.3, 0.4) is 0 Å². The molecule has 4 nitrogen and oxygen atoms in total. The third-order valence-electron chi connectivity index (χ3n) is 5.39. The molecular formula is C21H19FN2O2. The molecule has 1 saturated heterocycles. The molecule has 132 valence electrons. The Kier molecular flexibility index (Phi) is 4.21. The Balaban J connectivity index is 1.60. The predicted octanol–water partition coefficient (Wildman–Crippen LogP) is 3.08. The van der Waals surface area contributed by atoms with Gasteiger partial charge >= 0.3 is 0 Å². The zero-order valence-electron chi connectivity index (χ0n) is 14.2. The molecule has 4 rings (SSSR count). The van der Waals surface area contributed by atoms with Crippen LogP contribution >= 0.6 is 0 Å². The van der Waals surface area contributed by atoms with Gasteiger partial charge in [-0.05, 0) is 30.0 Å². The lowest BCUT2D eigenvalue weighted by molar-refractivity contribution is -0.148. The van der Waals surface area contributed by atoms with E-state index in [1.165, 1.54) is 6.07 Å². The van der Waals surface area contributed by atoms with Gasteiger partial charge in [0.2, 0.25) is 5.91 Å². The van der Waals surface area contributed by atoms with Crippen LogP contribution in [0, 0.1) is 23.1 Å². The van der Waals surface area contributed by atoms with E-state index in [9.17, 15) is 19.6 Å². The molecule has 3 atom stereocenters. The van der Waals surface area contributed by atoms with Gasteiger partial charge in [0.25, 0.3) is 0 Å². The summed E-state index contributed by atoms with van der Waals surface area (Å²) in [6, 6.07) is 15.2. The first-order valence-corrected chi connectivity index (χ1v) is 8.83. The highest BCUT2D eigenvalue weighted by Crippen LogP contribution is 2.44. The fourth-order valence-corrected chi connectivity index (χ4v) is 3.83. The molecule has 1 aliphatic heterocycles. The minimum atomic E-state index is -0.556. The number of rotatable bonds is 4. The van der Waals surface area contributed by atoms with E-state index >= 15 is 0 Å². The van der Waals surface area contributed by atoms with E-state index < -0.39 is 6.04 Å². The fraction of sp³-hybridized carbons (Fsp3) is 0.333. The van der Waals surface area contributed by atoms with Crippen LogP contribution in [0.25, 0.3) is 11.1 Å². The van der Waals surface area contributed by atoms with E-state index in [1.54, 1.807) is 23.1 Å². The maximum absolute atomic E-state index is 13.9. The third kappa shape index (κ3) is 2.67. The van der Waals surface area contributed by atoms with Crippen molar-refractivity contribution >= 4 is 5.91 Å². The Hall–Kier alpha value is -2.71. The predicted molar refractivity (Wildman–Crippen MR) is 94.4 cm³/mol. The molecule has 0 aromatic heterocycles. The van der Waals surface area contributed by atoms with Crippen LogP contribution in [0.1, 0.15) is 24.3 Å². The van der Waals surface area contributed by atoms with Gasteiger partial charge in [-0.3, -0.25) is 4.79 Å². The van der Waals surface area contributed by atoms with Gasteiger partial charge in [-0.15, -0.1) is 0 Å². The van der Waals surface area contributed by atoms with Crippen LogP contribution in [-0.2, 0) is 4.79 Å². The molecule has 2 aromatic carbocycles. The first kappa shape index (κ1) is 16.7. The molecule has 0 unspecified atom stereocenters. The summed E-state index contributed by atoms with van der Waals surface area (Å²) in [6.07, 6.45) is 1.74. The highest BCUT2D eigenvalue weighted by molar-refractivity contribution is 5.83. The van der Waals surface area contributed by atoms with Gasteiger partial charge in [0, 0.05) is 17.4 Å². The number of carbonyl (C=O) groups excluding carboxylic acids is 1. The minimum absolute atomic E-state index is 0.0179. The average Bonchev–Trinajstić information content (AvgIpc) is 3.48. The Labute approximate surface area is 151 Å². The van der Waals surface area contributed by atoms with Crippen molar-refractivity contribution in [1.29, 1.82) is 5.26 Å². The molecule has 2 aliphatic rings. The Morgan fingerprint density at radius 1 is 1.19 bits per heavy atom. The van der Waals surface area contributed by atoms with Gasteiger partial charge in [0.05, 0.1) is 18.7 Å². The summed E-state index contributed by atoms with van der Waals surface area (Å²) in [7, 11) is 0. The summed E-state index contributed by atoms with van der Waals surface area (Å²) in [4.78, 5) is 14.0. The molecule has 0 bridgehead atoms. The molecule has 1 heterocycles. The number of hydrogen-bond acceptors (Lipinski definition) is 3. The quantitative estimate of drug-likeness (QED) is 0.922. The Morgan fingerprint density at radius 2 is 1.88 bits per heavy atom. The number of aliphatic hydroxyl groups excluding tert-OH is 1. The maximum Gasteiger partial charge on any atom is 0.227 e. The summed E-state index contributed by atoms with van der Waals surface area (Å²) in [5.74, 6) is -0.505. The second-order valence-corrected chi connectivity index (χ2v) is 6.97. The summed E-state index contributed by atoms with van der Waals surface area (Å²) >= 11 is 0. The third-order valence-corrected chi connectivity index (χ3v) is 5.39. The summed E-state index contributed by atoms with van der Waals surface area (Å²) < 4.78 is 13.9. The number of nitrogens with zero attached hydrogens (tertiary/aromatic N) is 2. The second-order valence-electron chi connectivity index (χ2n) is 6.97. The van der Waals surface area contributed by atoms with E-state index in [1.807, 2.05) is 24.3 Å². The maximum atomic E-state index is 13.9. The summed E-state index contributed by atoms with van der Waals surface area (Å²) in [5, 5.41) is 19.3. The summed E-state index contributed by atoms with van der Waals surface area (Å²) in [5.41, 5.74) is 2.16. The second kappa shape index (κ2) is 6.54. The average molecular weight is 350 g/mol. The topological polar surface area (TPSA) is 64.3 Å². The monoisotopic (exact) mass is 350 g/mol. The fourth-order valence-electron chi connectivity index (χ4n) is 3.83. The number of hydrogen-bond donors (Lipinski definition) is 1. The first-order chi connectivity index (χ1) is 12.7. The molecule has 1 amide bonds. The standard InChI is InChI=1S/C21H19FN2O2/c22-17-4-2-1-3-16(17)13-5-7-14(8-6-13)20-18(11-23)24(19(20)12-25)21(26)15-9-10-15/h1-8,15,18-20,25H,9-10,12H2/t18-,19+,20-/m1/s1. The molecule has 0 spiro atoms. The molecule has 2 fully saturated rings. The van der Waals surface area contributed by atoms with Crippen LogP contribution in [0.5, 0.6) is 0 Å². The summed E-state index contributed by atoms with van der Waals surface area (Å²) in [6.45, 7) is -0.170. The SMILES string of the molecule is N#C[C@@H]1[C@@H](c2ccc(-c3ccccc3F)cc2)[C@H](CO)N1C(=O)C1CC1. The van der Waals surface area contributed by atoms with Gasteiger partial charge < -0.3 is 10.0 Å². The number of halogens is 1. The van der Waals surface area contributed by atoms with Crippen molar-refractivity contribution in [2.75, 3.05) is 6.61 Å². The molecular weight excluding hydrogens is 331 g/mol. The lowest BCUT2D eigenvalue weighted by Gasteiger charge is -2.51. The molecule has 1 saturated carbocycles. The molecule has 1 aliphatic carbocycles. The number of benzene rings is 2. The molecule has 0 radical (unpaired) electrons. The lowest BCUT2D eigenvalue weighted by atomic mass is 9.75. The van der Waals surface area contributed by atoms with E-state index in [0.717, 1.165) is 24.0 Å². The highest BCUT2D eigenvalue weighted by atomic mass is 19.1. The van der Waals surface area contributed by atoms with Crippen molar-refractivity contribution in [3.05, 3.63) is 59.9 Å². The smallest absolute Gasteiger partial charge is 0.227 e. The van der Waals surface area contributed by atoms with Gasteiger partial charge in [-0.2, -0.15) is 5.26 Å². The van der Waals surface area contributed by atoms with Gasteiger partial charge in [-0.25, -0.2) is 4.39 Å². The molecule has 26 heavy (non-hydrogen) atoms. The normalized spacial score (nSPS) is 24.7. The van der Waals surface area contributed by atoms with Crippen molar-refractivity contribution < 1.29 is 14.3 Å². The van der Waals surface area contributed by atoms with E-state index in [2.05, 4.69) is 6.07 Å². The Bertz CT molecular complexity index is 870. The zero-order chi connectivity index (χ0) is 18.3. The van der Waals surface area contributed by atoms with Crippen molar-refractivity contribution in [2.24, 2.45) is 5.92 Å². The lowest BCUT2D eigenvalue weighted by Crippen LogP contribution is -2.65. The van der Waals surface area contributed by atoms with Crippen molar-refractivity contribution in [1.82, 2.24) is 4.90 Å². The number of aliphatic hydroxyl groups is 1. The van der Waals surface area contributed by atoms with E-state index in [-0.39, 0.29) is 36.2 Å². The van der Waals surface area contributed by atoms with Crippen molar-refractivity contribution in [3.8, 4) is 17.2 Å². The molecule has 2 aromatic rings. The van der Waals surface area contributed by atoms with E-state index in [0.29, 0.717) is 5.56 Å². The van der Waals surface area contributed by atoms with Crippen molar-refractivity contribution in [3.63, 3.8) is 0 Å². The zero-order valence-corrected chi connectivity index (χ0v) is 14.2. The molecule has 1 N–H and O–H groups in total. The number of carbonyl (C=O) groups is 1. The minimum Gasteiger partial charge on any atom is -0.394 e. The number of likely N-dealkylation sites (tertiary alicyclic amines) is 1. The van der Waals surface area contributed by atoms with Crippen LogP contribution in [0.15, 0.2) is 48.5 Å².